The zero-order valence-corrected chi connectivity index (χ0v) is 11.9. The Bertz CT molecular complexity index is 522. The van der Waals surface area contributed by atoms with Gasteiger partial charge in [0.05, 0.1) is 6.54 Å². The maximum Gasteiger partial charge on any atom is 0.134 e. The van der Waals surface area contributed by atoms with Crippen molar-refractivity contribution in [3.05, 3.63) is 48.0 Å². The summed E-state index contributed by atoms with van der Waals surface area (Å²) in [5.41, 5.74) is 0.880. The molecule has 1 aromatic carbocycles. The van der Waals surface area contributed by atoms with E-state index in [4.69, 9.17) is 9.15 Å². The van der Waals surface area contributed by atoms with E-state index >= 15 is 0 Å². The van der Waals surface area contributed by atoms with Gasteiger partial charge in [0.15, 0.2) is 0 Å². The molecule has 1 heterocycles. The van der Waals surface area contributed by atoms with Crippen LogP contribution in [0.1, 0.15) is 19.1 Å². The van der Waals surface area contributed by atoms with Gasteiger partial charge < -0.3 is 14.5 Å². The topological polar surface area (TPSA) is 34.4 Å². The number of hydrogen-bond acceptors (Lipinski definition) is 3. The first-order valence-corrected chi connectivity index (χ1v) is 6.76. The molecular formula is C16H20FNO2. The second-order valence-electron chi connectivity index (χ2n) is 4.84. The van der Waals surface area contributed by atoms with Crippen molar-refractivity contribution in [3.8, 4) is 11.3 Å². The van der Waals surface area contributed by atoms with Gasteiger partial charge in [-0.25, -0.2) is 4.39 Å². The maximum atomic E-state index is 12.9. The summed E-state index contributed by atoms with van der Waals surface area (Å²) >= 11 is 0. The summed E-state index contributed by atoms with van der Waals surface area (Å²) in [6.07, 6.45) is 0.960. The van der Waals surface area contributed by atoms with Crippen LogP contribution in [0.25, 0.3) is 11.3 Å². The van der Waals surface area contributed by atoms with Gasteiger partial charge in [-0.1, -0.05) is 0 Å². The molecule has 0 aliphatic rings. The molecular weight excluding hydrogens is 257 g/mol. The zero-order valence-electron chi connectivity index (χ0n) is 11.9. The van der Waals surface area contributed by atoms with E-state index in [9.17, 15) is 4.39 Å². The van der Waals surface area contributed by atoms with Crippen molar-refractivity contribution < 1.29 is 13.5 Å². The van der Waals surface area contributed by atoms with Crippen LogP contribution in [0, 0.1) is 5.82 Å². The van der Waals surface area contributed by atoms with E-state index in [0.717, 1.165) is 30.1 Å². The van der Waals surface area contributed by atoms with E-state index in [-0.39, 0.29) is 5.82 Å². The fourth-order valence-electron chi connectivity index (χ4n) is 1.91. The molecule has 0 spiro atoms. The minimum absolute atomic E-state index is 0.242. The lowest BCUT2D eigenvalue weighted by Crippen LogP contribution is -2.26. The molecule has 0 bridgehead atoms. The summed E-state index contributed by atoms with van der Waals surface area (Å²) < 4.78 is 23.7. The second-order valence-corrected chi connectivity index (χ2v) is 4.84. The fraction of sp³-hybridized carbons (Fsp3) is 0.375. The first kappa shape index (κ1) is 14.8. The highest BCUT2D eigenvalue weighted by Gasteiger charge is 2.06. The number of rotatable bonds is 7. The molecule has 0 amide bonds. The Morgan fingerprint density at radius 3 is 2.65 bits per heavy atom. The largest absolute Gasteiger partial charge is 0.460 e. The molecule has 2 aromatic rings. The van der Waals surface area contributed by atoms with Gasteiger partial charge >= 0.3 is 0 Å². The lowest BCUT2D eigenvalue weighted by Gasteiger charge is -2.11. The first-order valence-electron chi connectivity index (χ1n) is 6.76. The molecule has 108 valence electrons. The van der Waals surface area contributed by atoms with Crippen LogP contribution < -0.4 is 5.32 Å². The molecule has 0 radical (unpaired) electrons. The highest BCUT2D eigenvalue weighted by molar-refractivity contribution is 5.57. The summed E-state index contributed by atoms with van der Waals surface area (Å²) in [4.78, 5) is 0. The Morgan fingerprint density at radius 1 is 1.20 bits per heavy atom. The number of benzene rings is 1. The van der Waals surface area contributed by atoms with Gasteiger partial charge in [-0.2, -0.15) is 0 Å². The third-order valence-electron chi connectivity index (χ3n) is 3.17. The Kier molecular flexibility index (Phi) is 5.32. The smallest absolute Gasteiger partial charge is 0.134 e. The van der Waals surface area contributed by atoms with Gasteiger partial charge in [0.1, 0.15) is 17.3 Å². The van der Waals surface area contributed by atoms with Gasteiger partial charge in [-0.15, -0.1) is 0 Å². The van der Waals surface area contributed by atoms with Crippen LogP contribution in [0.5, 0.6) is 0 Å². The van der Waals surface area contributed by atoms with Crippen LogP contribution in [0.2, 0.25) is 0 Å². The van der Waals surface area contributed by atoms with E-state index in [1.54, 1.807) is 19.2 Å². The van der Waals surface area contributed by atoms with E-state index in [2.05, 4.69) is 12.2 Å². The molecule has 0 aliphatic heterocycles. The average Bonchev–Trinajstić information content (AvgIpc) is 2.92. The normalized spacial score (nSPS) is 12.6. The van der Waals surface area contributed by atoms with Crippen molar-refractivity contribution in [1.82, 2.24) is 5.32 Å². The van der Waals surface area contributed by atoms with Crippen molar-refractivity contribution in [2.75, 3.05) is 13.7 Å². The van der Waals surface area contributed by atoms with Crippen LogP contribution >= 0.6 is 0 Å². The lowest BCUT2D eigenvalue weighted by atomic mass is 10.2. The van der Waals surface area contributed by atoms with E-state index < -0.39 is 0 Å². The number of nitrogens with one attached hydrogen (secondary N) is 1. The molecule has 3 nitrogen and oxygen atoms in total. The van der Waals surface area contributed by atoms with Crippen molar-refractivity contribution in [2.24, 2.45) is 0 Å². The van der Waals surface area contributed by atoms with Crippen LogP contribution in [0.15, 0.2) is 40.8 Å². The molecule has 20 heavy (non-hydrogen) atoms. The molecule has 1 N–H and O–H groups in total. The fourth-order valence-corrected chi connectivity index (χ4v) is 1.91. The Labute approximate surface area is 118 Å². The van der Waals surface area contributed by atoms with E-state index in [1.807, 2.05) is 12.1 Å². The average molecular weight is 277 g/mol. The molecule has 0 saturated carbocycles. The maximum absolute atomic E-state index is 12.9. The number of methoxy groups -OCH3 is 1. The first-order chi connectivity index (χ1) is 9.69. The summed E-state index contributed by atoms with van der Waals surface area (Å²) in [6.45, 7) is 3.53. The highest BCUT2D eigenvalue weighted by atomic mass is 19.1. The Balaban J connectivity index is 1.90. The molecule has 0 saturated heterocycles. The van der Waals surface area contributed by atoms with Crippen LogP contribution in [0.3, 0.4) is 0 Å². The van der Waals surface area contributed by atoms with E-state index in [0.29, 0.717) is 12.6 Å². The van der Waals surface area contributed by atoms with Crippen molar-refractivity contribution in [3.63, 3.8) is 0 Å². The minimum Gasteiger partial charge on any atom is -0.460 e. The van der Waals surface area contributed by atoms with Gasteiger partial charge in [0.2, 0.25) is 0 Å². The standard InChI is InChI=1S/C16H20FNO2/c1-12(9-10-19-2)18-11-15-7-8-16(20-15)13-3-5-14(17)6-4-13/h3-8,12,18H,9-11H2,1-2H3. The van der Waals surface area contributed by atoms with E-state index in [1.165, 1.54) is 12.1 Å². The van der Waals surface area contributed by atoms with Crippen molar-refractivity contribution in [2.45, 2.75) is 25.9 Å². The number of furan rings is 1. The van der Waals surface area contributed by atoms with Gasteiger partial charge in [0, 0.05) is 25.3 Å². The summed E-state index contributed by atoms with van der Waals surface area (Å²) in [5.74, 6) is 1.38. The number of halogens is 1. The van der Waals surface area contributed by atoms with Gasteiger partial charge in [-0.05, 0) is 49.7 Å². The van der Waals surface area contributed by atoms with Crippen molar-refractivity contribution >= 4 is 0 Å². The number of hydrogen-bond donors (Lipinski definition) is 1. The lowest BCUT2D eigenvalue weighted by molar-refractivity contribution is 0.184. The molecule has 1 aromatic heterocycles. The zero-order chi connectivity index (χ0) is 14.4. The molecule has 1 unspecified atom stereocenters. The summed E-state index contributed by atoms with van der Waals surface area (Å²) in [7, 11) is 1.70. The van der Waals surface area contributed by atoms with Gasteiger partial charge in [0.25, 0.3) is 0 Å². The monoisotopic (exact) mass is 277 g/mol. The predicted octanol–water partition coefficient (Wildman–Crippen LogP) is 3.60. The molecule has 2 rings (SSSR count). The highest BCUT2D eigenvalue weighted by Crippen LogP contribution is 2.22. The molecule has 4 heteroatoms. The summed E-state index contributed by atoms with van der Waals surface area (Å²) in [5, 5.41) is 3.37. The third-order valence-corrected chi connectivity index (χ3v) is 3.17. The van der Waals surface area contributed by atoms with Crippen LogP contribution in [0.4, 0.5) is 4.39 Å². The molecule has 0 fully saturated rings. The number of ether oxygens (including phenoxy) is 1. The Morgan fingerprint density at radius 2 is 1.95 bits per heavy atom. The van der Waals surface area contributed by atoms with Crippen molar-refractivity contribution in [1.29, 1.82) is 0 Å². The van der Waals surface area contributed by atoms with Gasteiger partial charge in [-0.3, -0.25) is 0 Å². The SMILES string of the molecule is COCCC(C)NCc1ccc(-c2ccc(F)cc2)o1. The summed E-state index contributed by atoms with van der Waals surface area (Å²) in [6, 6.07) is 10.5. The second kappa shape index (κ2) is 7.22. The minimum atomic E-state index is -0.242. The predicted molar refractivity (Wildman–Crippen MR) is 76.9 cm³/mol. The molecule has 0 aliphatic carbocycles. The third kappa shape index (κ3) is 4.18. The quantitative estimate of drug-likeness (QED) is 0.839. The Hall–Kier alpha value is -1.65. The van der Waals surface area contributed by atoms with Crippen LogP contribution in [-0.2, 0) is 11.3 Å². The van der Waals surface area contributed by atoms with Crippen LogP contribution in [-0.4, -0.2) is 19.8 Å². The molecule has 1 atom stereocenters.